The largest absolute Gasteiger partial charge is 0.353 e. The van der Waals surface area contributed by atoms with Crippen LogP contribution in [0.5, 0.6) is 0 Å². The highest BCUT2D eigenvalue weighted by molar-refractivity contribution is 5.78. The lowest BCUT2D eigenvalue weighted by molar-refractivity contribution is -0.119. The normalized spacial score (nSPS) is 20.8. The molecule has 2 aromatic rings. The molecule has 0 spiro atoms. The predicted octanol–water partition coefficient (Wildman–Crippen LogP) is 4.16. The minimum Gasteiger partial charge on any atom is -0.353 e. The Bertz CT molecular complexity index is 927. The van der Waals surface area contributed by atoms with Crippen LogP contribution in [0, 0.1) is 0 Å². The summed E-state index contributed by atoms with van der Waals surface area (Å²) in [7, 11) is 0. The molecule has 1 saturated carbocycles. The summed E-state index contributed by atoms with van der Waals surface area (Å²) in [6.07, 6.45) is 3.95. The van der Waals surface area contributed by atoms with Gasteiger partial charge in [-0.3, -0.25) is 9.59 Å². The molecule has 2 heterocycles. The smallest absolute Gasteiger partial charge is 0.270 e. The lowest BCUT2D eigenvalue weighted by atomic mass is 9.87. The van der Waals surface area contributed by atoms with Gasteiger partial charge in [0.1, 0.15) is 0 Å². The Hall–Kier alpha value is -2.50. The highest BCUT2D eigenvalue weighted by Crippen LogP contribution is 2.39. The molecule has 6 heteroatoms. The van der Waals surface area contributed by atoms with Crippen LogP contribution in [0.2, 0.25) is 0 Å². The molecule has 4 rings (SSSR count). The van der Waals surface area contributed by atoms with Gasteiger partial charge in [-0.1, -0.05) is 30.3 Å². The molecule has 2 N–H and O–H groups in total. The van der Waals surface area contributed by atoms with Crippen LogP contribution in [0.25, 0.3) is 0 Å². The van der Waals surface area contributed by atoms with E-state index in [1.165, 1.54) is 12.1 Å². The van der Waals surface area contributed by atoms with E-state index in [0.29, 0.717) is 18.8 Å². The highest BCUT2D eigenvalue weighted by atomic mass is 19.3. The number of rotatable bonds is 6. The first-order chi connectivity index (χ1) is 13.3. The number of aromatic amines is 1. The molecule has 1 aliphatic heterocycles. The summed E-state index contributed by atoms with van der Waals surface area (Å²) in [5.74, 6) is -2.68. The Morgan fingerprint density at radius 3 is 2.32 bits per heavy atom. The Morgan fingerprint density at radius 2 is 1.79 bits per heavy atom. The Morgan fingerprint density at radius 1 is 1.07 bits per heavy atom. The molecular weight excluding hydrogens is 362 g/mol. The van der Waals surface area contributed by atoms with Gasteiger partial charge in [0.2, 0.25) is 5.91 Å². The second-order valence-corrected chi connectivity index (χ2v) is 8.07. The van der Waals surface area contributed by atoms with Crippen molar-refractivity contribution >= 4 is 5.91 Å². The van der Waals surface area contributed by atoms with Gasteiger partial charge >= 0.3 is 0 Å². The quantitative estimate of drug-likeness (QED) is 0.783. The lowest BCUT2D eigenvalue weighted by Gasteiger charge is -2.22. The summed E-state index contributed by atoms with van der Waals surface area (Å²) < 4.78 is 27.1. The van der Waals surface area contributed by atoms with Crippen molar-refractivity contribution in [1.29, 1.82) is 0 Å². The Kier molecular flexibility index (Phi) is 4.81. The van der Waals surface area contributed by atoms with E-state index in [4.69, 9.17) is 0 Å². The number of aromatic nitrogens is 1. The van der Waals surface area contributed by atoms with Crippen molar-refractivity contribution < 1.29 is 13.6 Å². The Labute approximate surface area is 162 Å². The van der Waals surface area contributed by atoms with Crippen LogP contribution in [0.15, 0.2) is 41.2 Å². The standard InChI is InChI=1S/C22H24F2N2O2/c1-22(23,24)15-6-4-14(5-7-15)18(12-16-8-11-20(27)25-16)19-10-9-17(13-2-3-13)21(28)26-19/h4-7,9-10,13,16,18H,2-3,8,11-12H2,1H3,(H,25,27)(H,26,28)/t16-,18+/m1/s1. The fourth-order valence-electron chi connectivity index (χ4n) is 4.01. The zero-order valence-corrected chi connectivity index (χ0v) is 15.8. The molecule has 1 amide bonds. The first kappa shape index (κ1) is 18.8. The molecular formula is C22H24F2N2O2. The van der Waals surface area contributed by atoms with E-state index in [-0.39, 0.29) is 29.0 Å². The molecule has 148 valence electrons. The van der Waals surface area contributed by atoms with E-state index in [2.05, 4.69) is 10.3 Å². The van der Waals surface area contributed by atoms with E-state index < -0.39 is 5.92 Å². The first-order valence-corrected chi connectivity index (χ1v) is 9.82. The third-order valence-electron chi connectivity index (χ3n) is 5.78. The topological polar surface area (TPSA) is 62.0 Å². The molecule has 1 saturated heterocycles. The van der Waals surface area contributed by atoms with E-state index in [1.807, 2.05) is 12.1 Å². The summed E-state index contributed by atoms with van der Waals surface area (Å²) >= 11 is 0. The summed E-state index contributed by atoms with van der Waals surface area (Å²) in [5, 5.41) is 2.96. The van der Waals surface area contributed by atoms with Gasteiger partial charge < -0.3 is 10.3 Å². The van der Waals surface area contributed by atoms with Crippen LogP contribution < -0.4 is 10.9 Å². The average molecular weight is 386 g/mol. The maximum atomic E-state index is 13.6. The number of halogens is 2. The zero-order chi connectivity index (χ0) is 19.9. The zero-order valence-electron chi connectivity index (χ0n) is 15.8. The van der Waals surface area contributed by atoms with Crippen LogP contribution in [-0.4, -0.2) is 16.9 Å². The second-order valence-electron chi connectivity index (χ2n) is 8.07. The lowest BCUT2D eigenvalue weighted by Crippen LogP contribution is -2.28. The Balaban J connectivity index is 1.66. The van der Waals surface area contributed by atoms with Crippen LogP contribution in [0.4, 0.5) is 8.78 Å². The van der Waals surface area contributed by atoms with E-state index in [9.17, 15) is 18.4 Å². The second kappa shape index (κ2) is 7.15. The van der Waals surface area contributed by atoms with Gasteiger partial charge in [0.25, 0.3) is 11.5 Å². The maximum absolute atomic E-state index is 13.6. The highest BCUT2D eigenvalue weighted by Gasteiger charge is 2.30. The van der Waals surface area contributed by atoms with Crippen molar-refractivity contribution in [3.63, 3.8) is 0 Å². The number of carbonyl (C=O) groups excluding carboxylic acids is 1. The van der Waals surface area contributed by atoms with E-state index in [0.717, 1.165) is 43.0 Å². The van der Waals surface area contributed by atoms with Gasteiger partial charge in [-0.25, -0.2) is 8.78 Å². The molecule has 2 aliphatic rings. The number of H-pyrrole nitrogens is 1. The van der Waals surface area contributed by atoms with Crippen molar-refractivity contribution in [3.05, 3.63) is 69.1 Å². The number of amides is 1. The SMILES string of the molecule is CC(F)(F)c1ccc([C@H](C[C@H]2CCC(=O)N2)c2ccc(C3CC3)c(=O)[nH]2)cc1. The minimum atomic E-state index is -2.90. The van der Waals surface area contributed by atoms with Crippen LogP contribution in [-0.2, 0) is 10.7 Å². The molecule has 0 radical (unpaired) electrons. The number of pyridine rings is 1. The van der Waals surface area contributed by atoms with E-state index >= 15 is 0 Å². The molecule has 2 atom stereocenters. The minimum absolute atomic E-state index is 0.0106. The maximum Gasteiger partial charge on any atom is 0.270 e. The van der Waals surface area contributed by atoms with Crippen LogP contribution in [0.1, 0.15) is 73.2 Å². The molecule has 0 bridgehead atoms. The van der Waals surface area contributed by atoms with Gasteiger partial charge in [-0.15, -0.1) is 0 Å². The molecule has 0 unspecified atom stereocenters. The number of hydrogen-bond donors (Lipinski definition) is 2. The third-order valence-corrected chi connectivity index (χ3v) is 5.78. The van der Waals surface area contributed by atoms with Crippen LogP contribution >= 0.6 is 0 Å². The summed E-state index contributed by atoms with van der Waals surface area (Å²) in [5.41, 5.74) is 2.31. The van der Waals surface area contributed by atoms with Crippen molar-refractivity contribution in [2.45, 2.75) is 62.8 Å². The molecule has 1 aliphatic carbocycles. The number of carbonyl (C=O) groups is 1. The fraction of sp³-hybridized carbons (Fsp3) is 0.455. The van der Waals surface area contributed by atoms with Crippen molar-refractivity contribution in [3.8, 4) is 0 Å². The first-order valence-electron chi connectivity index (χ1n) is 9.82. The van der Waals surface area contributed by atoms with Gasteiger partial charge in [0.15, 0.2) is 0 Å². The monoisotopic (exact) mass is 386 g/mol. The average Bonchev–Trinajstić information content (AvgIpc) is 3.40. The van der Waals surface area contributed by atoms with Crippen molar-refractivity contribution in [2.24, 2.45) is 0 Å². The number of hydrogen-bond acceptors (Lipinski definition) is 2. The van der Waals surface area contributed by atoms with Crippen molar-refractivity contribution in [1.82, 2.24) is 10.3 Å². The molecule has 4 nitrogen and oxygen atoms in total. The molecule has 1 aromatic carbocycles. The number of nitrogens with one attached hydrogen (secondary N) is 2. The van der Waals surface area contributed by atoms with Gasteiger partial charge in [0.05, 0.1) is 0 Å². The molecule has 28 heavy (non-hydrogen) atoms. The van der Waals surface area contributed by atoms with Crippen molar-refractivity contribution in [2.75, 3.05) is 0 Å². The number of alkyl halides is 2. The number of benzene rings is 1. The fourth-order valence-corrected chi connectivity index (χ4v) is 4.01. The van der Waals surface area contributed by atoms with Gasteiger partial charge in [0, 0.05) is 42.1 Å². The van der Waals surface area contributed by atoms with Gasteiger partial charge in [-0.2, -0.15) is 0 Å². The summed E-state index contributed by atoms with van der Waals surface area (Å²) in [6.45, 7) is 0.877. The van der Waals surface area contributed by atoms with E-state index in [1.54, 1.807) is 12.1 Å². The molecule has 2 fully saturated rings. The third kappa shape index (κ3) is 4.01. The van der Waals surface area contributed by atoms with Gasteiger partial charge in [-0.05, 0) is 43.2 Å². The van der Waals surface area contributed by atoms with Crippen LogP contribution in [0.3, 0.4) is 0 Å². The molecule has 1 aromatic heterocycles. The summed E-state index contributed by atoms with van der Waals surface area (Å²) in [4.78, 5) is 27.1. The summed E-state index contributed by atoms with van der Waals surface area (Å²) in [6, 6.07) is 10.1. The predicted molar refractivity (Wildman–Crippen MR) is 103 cm³/mol.